The van der Waals surface area contributed by atoms with Crippen LogP contribution in [-0.2, 0) is 71.1 Å². The third kappa shape index (κ3) is 146. The summed E-state index contributed by atoms with van der Waals surface area (Å²) in [6.07, 6.45) is 0. The molecule has 0 saturated heterocycles. The molecule has 63 valence electrons. The summed E-state index contributed by atoms with van der Waals surface area (Å²) in [4.78, 5) is 0. The fourth-order valence-electron chi connectivity index (χ4n) is 0. The van der Waals surface area contributed by atoms with Crippen molar-refractivity contribution in [2.24, 2.45) is 0 Å². The molecule has 0 rings (SSSR count). The summed E-state index contributed by atoms with van der Waals surface area (Å²) < 4.78 is 31.8. The molecule has 0 aromatic heterocycles. The van der Waals surface area contributed by atoms with Crippen molar-refractivity contribution in [2.45, 2.75) is 0 Å². The second-order valence-electron chi connectivity index (χ2n) is 0.415. The van der Waals surface area contributed by atoms with Gasteiger partial charge in [-0.3, -0.25) is 0 Å². The van der Waals surface area contributed by atoms with Gasteiger partial charge >= 0.3 is 48.3 Å². The molecule has 0 aromatic carbocycles. The van der Waals surface area contributed by atoms with Gasteiger partial charge in [-0.15, -0.1) is 0 Å². The first kappa shape index (κ1) is 30.4. The molecule has 4 nitrogen and oxygen atoms in total. The molecular formula is H3Co2LiMnNiO4. The first-order valence-electron chi connectivity index (χ1n) is 0.647. The van der Waals surface area contributed by atoms with Crippen molar-refractivity contribution in [3.05, 3.63) is 0 Å². The van der Waals surface area contributed by atoms with E-state index in [0.29, 0.717) is 0 Å². The number of hydrogen-bond acceptors (Lipinski definition) is 2. The zero-order valence-electron chi connectivity index (χ0n) is 3.07. The standard InChI is InChI=1S/2Co.Li.Mn.Ni.2H2O.2O.H/h;;;;;2*1H2;;;/q;;;+2;;;;;;/p-2. The van der Waals surface area contributed by atoms with Crippen LogP contribution in [0.15, 0.2) is 0 Å². The van der Waals surface area contributed by atoms with E-state index in [4.69, 9.17) is 16.0 Å². The van der Waals surface area contributed by atoms with Gasteiger partial charge in [-0.25, -0.2) is 0 Å². The van der Waals surface area contributed by atoms with Crippen molar-refractivity contribution in [2.75, 3.05) is 0 Å². The van der Waals surface area contributed by atoms with Gasteiger partial charge in [0.25, 0.3) is 0 Å². The minimum atomic E-state index is -5.12. The van der Waals surface area contributed by atoms with Gasteiger partial charge in [-0.1, -0.05) is 0 Å². The van der Waals surface area contributed by atoms with E-state index in [2.05, 4.69) is 0 Å². The summed E-state index contributed by atoms with van der Waals surface area (Å²) in [6.45, 7) is 0. The molecule has 9 heteroatoms. The molecule has 0 unspecified atom stereocenters. The molecule has 0 bridgehead atoms. The first-order valence-corrected chi connectivity index (χ1v) is 2.67. The quantitative estimate of drug-likeness (QED) is 0.507. The second-order valence-corrected chi connectivity index (χ2v) is 1.71. The molecule has 0 heterocycles. The van der Waals surface area contributed by atoms with Crippen LogP contribution in [0.5, 0.6) is 0 Å². The van der Waals surface area contributed by atoms with Crippen LogP contribution in [0, 0.1) is 0 Å². The van der Waals surface area contributed by atoms with Gasteiger partial charge in [-0.05, 0) is 0 Å². The van der Waals surface area contributed by atoms with Gasteiger partial charge in [0.1, 0.15) is 0 Å². The third-order valence-electron chi connectivity index (χ3n) is 0. The summed E-state index contributed by atoms with van der Waals surface area (Å²) in [7, 11) is 0. The molecule has 0 spiro atoms. The fraction of sp³-hybridized carbons (Fsp3) is 0. The fourth-order valence-corrected chi connectivity index (χ4v) is 0. The summed E-state index contributed by atoms with van der Waals surface area (Å²) in [5.41, 5.74) is 0. The SMILES string of the molecule is [Co].[Co].[LiH].[Ni].[O]=[Mn](=[O])([OH])[OH]. The van der Waals surface area contributed by atoms with Crippen LogP contribution in [0.1, 0.15) is 0 Å². The van der Waals surface area contributed by atoms with Gasteiger partial charge in [0.2, 0.25) is 0 Å². The Kier molecular flexibility index (Phi) is 43.2. The Balaban J connectivity index is -0.0000000133. The van der Waals surface area contributed by atoms with Gasteiger partial charge in [0.05, 0.1) is 0 Å². The van der Waals surface area contributed by atoms with E-state index in [1.54, 1.807) is 0 Å². The summed E-state index contributed by atoms with van der Waals surface area (Å²) in [6, 6.07) is 0. The van der Waals surface area contributed by atoms with Gasteiger partial charge in [-0.2, -0.15) is 0 Å². The zero-order valence-corrected chi connectivity index (χ0v) is 7.32. The first-order chi connectivity index (χ1) is 2.00. The molecule has 0 aliphatic heterocycles. The van der Waals surface area contributed by atoms with Crippen LogP contribution in [-0.4, -0.2) is 27.2 Å². The normalized spacial score (nSPS) is 6.44. The van der Waals surface area contributed by atoms with E-state index in [1.165, 1.54) is 0 Å². The molecule has 2 N–H and O–H groups in total. The summed E-state index contributed by atoms with van der Waals surface area (Å²) >= 11 is -5.12. The van der Waals surface area contributed by atoms with E-state index < -0.39 is 13.4 Å². The average Bonchev–Trinajstić information content (AvgIpc) is 0.722. The van der Waals surface area contributed by atoms with Crippen LogP contribution in [0.4, 0.5) is 0 Å². The van der Waals surface area contributed by atoms with Crippen LogP contribution in [0.25, 0.3) is 0 Å². The summed E-state index contributed by atoms with van der Waals surface area (Å²) in [5.74, 6) is 0. The molecule has 9 heavy (non-hydrogen) atoms. The molecule has 0 amide bonds. The maximum absolute atomic E-state index is 8.80. The predicted octanol–water partition coefficient (Wildman–Crippen LogP) is -2.01. The topological polar surface area (TPSA) is 74.6 Å². The van der Waals surface area contributed by atoms with Gasteiger partial charge in [0.15, 0.2) is 0 Å². The monoisotopic (exact) mass is 305 g/mol. The van der Waals surface area contributed by atoms with E-state index in [9.17, 15) is 0 Å². The average molecular weight is 305 g/mol. The zero-order chi connectivity index (χ0) is 4.50. The Morgan fingerprint density at radius 2 is 1.00 bits per heavy atom. The molecule has 0 aliphatic rings. The molecular weight excluding hydrogens is 302 g/mol. The van der Waals surface area contributed by atoms with Crippen molar-refractivity contribution < 1.29 is 79.5 Å². The Labute approximate surface area is 97.3 Å². The number of rotatable bonds is 0. The van der Waals surface area contributed by atoms with Crippen LogP contribution in [0.3, 0.4) is 0 Å². The van der Waals surface area contributed by atoms with Crippen LogP contribution in [0.2, 0.25) is 0 Å². The molecule has 0 aliphatic carbocycles. The van der Waals surface area contributed by atoms with Crippen molar-refractivity contribution in [1.82, 2.24) is 0 Å². The molecule has 0 aromatic rings. The Bertz CT molecular complexity index is 102. The maximum atomic E-state index is 8.80. The molecule has 0 fully saturated rings. The Morgan fingerprint density at radius 1 is 1.00 bits per heavy atom. The van der Waals surface area contributed by atoms with E-state index in [-0.39, 0.29) is 68.9 Å². The third-order valence-corrected chi connectivity index (χ3v) is 0. The van der Waals surface area contributed by atoms with Crippen molar-refractivity contribution >= 4 is 18.9 Å². The van der Waals surface area contributed by atoms with E-state index >= 15 is 0 Å². The molecule has 0 atom stereocenters. The van der Waals surface area contributed by atoms with Gasteiger partial charge in [0, 0.05) is 50.0 Å². The van der Waals surface area contributed by atoms with Crippen molar-refractivity contribution in [1.29, 1.82) is 0 Å². The second kappa shape index (κ2) is 12.8. The van der Waals surface area contributed by atoms with Crippen molar-refractivity contribution in [3.63, 3.8) is 0 Å². The summed E-state index contributed by atoms with van der Waals surface area (Å²) in [5, 5.41) is 0. The predicted molar refractivity (Wildman–Crippen MR) is 13.0 cm³/mol. The van der Waals surface area contributed by atoms with E-state index in [1.807, 2.05) is 0 Å². The minimum absolute atomic E-state index is 0. The van der Waals surface area contributed by atoms with Crippen LogP contribution < -0.4 is 0 Å². The van der Waals surface area contributed by atoms with Crippen molar-refractivity contribution in [3.8, 4) is 0 Å². The Morgan fingerprint density at radius 3 is 1.00 bits per heavy atom. The van der Waals surface area contributed by atoms with Crippen LogP contribution >= 0.6 is 0 Å². The van der Waals surface area contributed by atoms with Gasteiger partial charge < -0.3 is 0 Å². The van der Waals surface area contributed by atoms with E-state index in [0.717, 1.165) is 0 Å². The Hall–Kier alpha value is 2.14. The number of hydrogen-bond donors (Lipinski definition) is 2. The molecule has 2 radical (unpaired) electrons. The molecule has 0 saturated carbocycles.